The first-order chi connectivity index (χ1) is 15.8. The van der Waals surface area contributed by atoms with Gasteiger partial charge in [0.25, 0.3) is 0 Å². The molecular formula is C30H39NO. The van der Waals surface area contributed by atoms with Crippen LogP contribution in [0, 0.1) is 0 Å². The van der Waals surface area contributed by atoms with Crippen molar-refractivity contribution in [3.63, 3.8) is 0 Å². The SMILES string of the molecule is CCCCCCc1ccc(-c2ccc(CCc3ccc(OCCCCC)cc3)cc2)nc1. The molecule has 0 unspecified atom stereocenters. The zero-order valence-electron chi connectivity index (χ0n) is 20.0. The van der Waals surface area contributed by atoms with E-state index in [1.54, 1.807) is 0 Å². The minimum atomic E-state index is 0.816. The summed E-state index contributed by atoms with van der Waals surface area (Å²) in [5.74, 6) is 0.980. The fourth-order valence-corrected chi connectivity index (χ4v) is 3.92. The van der Waals surface area contributed by atoms with Crippen LogP contribution in [0.25, 0.3) is 11.3 Å². The third-order valence-electron chi connectivity index (χ3n) is 6.04. The molecule has 0 aliphatic carbocycles. The van der Waals surface area contributed by atoms with E-state index in [0.717, 1.165) is 43.7 Å². The van der Waals surface area contributed by atoms with Crippen molar-refractivity contribution in [2.45, 2.75) is 78.1 Å². The van der Waals surface area contributed by atoms with Gasteiger partial charge in [-0.15, -0.1) is 0 Å². The van der Waals surface area contributed by atoms with E-state index in [4.69, 9.17) is 9.72 Å². The fraction of sp³-hybridized carbons (Fsp3) is 0.433. The van der Waals surface area contributed by atoms with Crippen LogP contribution in [0.2, 0.25) is 0 Å². The fourth-order valence-electron chi connectivity index (χ4n) is 3.92. The summed E-state index contributed by atoms with van der Waals surface area (Å²) < 4.78 is 5.81. The average molecular weight is 430 g/mol. The third-order valence-corrected chi connectivity index (χ3v) is 6.04. The van der Waals surface area contributed by atoms with Crippen molar-refractivity contribution >= 4 is 0 Å². The largest absolute Gasteiger partial charge is 0.494 e. The minimum absolute atomic E-state index is 0.816. The van der Waals surface area contributed by atoms with E-state index in [-0.39, 0.29) is 0 Å². The van der Waals surface area contributed by atoms with Crippen LogP contribution in [0.3, 0.4) is 0 Å². The van der Waals surface area contributed by atoms with Gasteiger partial charge in [0.15, 0.2) is 0 Å². The standard InChI is InChI=1S/C30H39NO/c1-3-5-7-8-10-27-17-22-30(31-24-27)28-18-13-25(14-19-28)11-12-26-15-20-29(21-16-26)32-23-9-6-4-2/h13-22,24H,3-12,23H2,1-2H3. The predicted octanol–water partition coefficient (Wildman–Crippen LogP) is 8.23. The van der Waals surface area contributed by atoms with Crippen molar-refractivity contribution < 1.29 is 4.74 Å². The summed E-state index contributed by atoms with van der Waals surface area (Å²) >= 11 is 0. The van der Waals surface area contributed by atoms with Gasteiger partial charge in [-0.25, -0.2) is 0 Å². The van der Waals surface area contributed by atoms with Gasteiger partial charge in [0.2, 0.25) is 0 Å². The molecule has 1 heterocycles. The Morgan fingerprint density at radius 2 is 1.22 bits per heavy atom. The maximum absolute atomic E-state index is 5.81. The topological polar surface area (TPSA) is 22.1 Å². The van der Waals surface area contributed by atoms with Crippen molar-refractivity contribution in [3.05, 3.63) is 83.6 Å². The van der Waals surface area contributed by atoms with Crippen LogP contribution in [-0.2, 0) is 19.3 Å². The lowest BCUT2D eigenvalue weighted by molar-refractivity contribution is 0.306. The lowest BCUT2D eigenvalue weighted by Gasteiger charge is -2.08. The van der Waals surface area contributed by atoms with Crippen LogP contribution < -0.4 is 4.74 Å². The Labute approximate surface area is 195 Å². The molecule has 0 saturated carbocycles. The highest BCUT2D eigenvalue weighted by molar-refractivity contribution is 5.59. The number of benzene rings is 2. The van der Waals surface area contributed by atoms with E-state index >= 15 is 0 Å². The van der Waals surface area contributed by atoms with E-state index in [0.29, 0.717) is 0 Å². The summed E-state index contributed by atoms with van der Waals surface area (Å²) in [4.78, 5) is 4.70. The molecule has 1 aromatic heterocycles. The maximum atomic E-state index is 5.81. The van der Waals surface area contributed by atoms with Gasteiger partial charge in [0.1, 0.15) is 5.75 Å². The highest BCUT2D eigenvalue weighted by Crippen LogP contribution is 2.20. The molecule has 170 valence electrons. The summed E-state index contributed by atoms with van der Waals surface area (Å²) in [7, 11) is 0. The summed E-state index contributed by atoms with van der Waals surface area (Å²) in [5, 5.41) is 0. The van der Waals surface area contributed by atoms with Gasteiger partial charge >= 0.3 is 0 Å². The Hall–Kier alpha value is -2.61. The molecule has 2 heteroatoms. The van der Waals surface area contributed by atoms with Crippen molar-refractivity contribution in [2.24, 2.45) is 0 Å². The van der Waals surface area contributed by atoms with E-state index in [1.807, 2.05) is 6.20 Å². The van der Waals surface area contributed by atoms with Gasteiger partial charge in [-0.3, -0.25) is 4.98 Å². The van der Waals surface area contributed by atoms with Crippen molar-refractivity contribution in [1.29, 1.82) is 0 Å². The number of hydrogen-bond donors (Lipinski definition) is 0. The highest BCUT2D eigenvalue weighted by Gasteiger charge is 2.02. The number of rotatable bonds is 14. The Morgan fingerprint density at radius 3 is 1.84 bits per heavy atom. The molecule has 0 fully saturated rings. The molecule has 0 aliphatic rings. The molecule has 32 heavy (non-hydrogen) atoms. The van der Waals surface area contributed by atoms with Gasteiger partial charge < -0.3 is 4.74 Å². The molecule has 0 saturated heterocycles. The molecule has 0 atom stereocenters. The van der Waals surface area contributed by atoms with Crippen LogP contribution in [-0.4, -0.2) is 11.6 Å². The van der Waals surface area contributed by atoms with Crippen LogP contribution in [0.15, 0.2) is 66.9 Å². The minimum Gasteiger partial charge on any atom is -0.494 e. The molecule has 3 aromatic rings. The number of hydrogen-bond acceptors (Lipinski definition) is 2. The zero-order chi connectivity index (χ0) is 22.4. The lowest BCUT2D eigenvalue weighted by Crippen LogP contribution is -1.97. The monoisotopic (exact) mass is 429 g/mol. The third kappa shape index (κ3) is 8.15. The van der Waals surface area contributed by atoms with E-state index < -0.39 is 0 Å². The average Bonchev–Trinajstić information content (AvgIpc) is 2.85. The van der Waals surface area contributed by atoms with Crippen LogP contribution in [0.5, 0.6) is 5.75 Å². The van der Waals surface area contributed by atoms with E-state index in [2.05, 4.69) is 74.5 Å². The Bertz CT molecular complexity index is 882. The second-order valence-electron chi connectivity index (χ2n) is 8.76. The number of aromatic nitrogens is 1. The number of ether oxygens (including phenoxy) is 1. The Balaban J connectivity index is 1.45. The smallest absolute Gasteiger partial charge is 0.119 e. The number of aryl methyl sites for hydroxylation is 3. The van der Waals surface area contributed by atoms with Gasteiger partial charge in [-0.2, -0.15) is 0 Å². The summed E-state index contributed by atoms with van der Waals surface area (Å²) in [6.45, 7) is 5.28. The van der Waals surface area contributed by atoms with Crippen molar-refractivity contribution in [1.82, 2.24) is 4.98 Å². The molecular weight excluding hydrogens is 390 g/mol. The Kier molecular flexibility index (Phi) is 10.3. The molecule has 0 bridgehead atoms. The molecule has 0 amide bonds. The molecule has 3 rings (SSSR count). The molecule has 2 nitrogen and oxygen atoms in total. The first kappa shape index (κ1) is 24.0. The van der Waals surface area contributed by atoms with Gasteiger partial charge in [0.05, 0.1) is 12.3 Å². The number of unbranched alkanes of at least 4 members (excludes halogenated alkanes) is 5. The van der Waals surface area contributed by atoms with Gasteiger partial charge in [0, 0.05) is 11.8 Å². The summed E-state index contributed by atoms with van der Waals surface area (Å²) in [5.41, 5.74) is 6.31. The van der Waals surface area contributed by atoms with Crippen LogP contribution in [0.1, 0.15) is 75.5 Å². The second-order valence-corrected chi connectivity index (χ2v) is 8.76. The van der Waals surface area contributed by atoms with Crippen LogP contribution in [0.4, 0.5) is 0 Å². The molecule has 0 N–H and O–H groups in total. The normalized spacial score (nSPS) is 10.9. The number of nitrogens with zero attached hydrogens (tertiary/aromatic N) is 1. The second kappa shape index (κ2) is 13.7. The molecule has 0 spiro atoms. The van der Waals surface area contributed by atoms with E-state index in [1.165, 1.54) is 60.8 Å². The van der Waals surface area contributed by atoms with Gasteiger partial charge in [-0.1, -0.05) is 88.4 Å². The van der Waals surface area contributed by atoms with Crippen molar-refractivity contribution in [2.75, 3.05) is 6.61 Å². The van der Waals surface area contributed by atoms with Gasteiger partial charge in [-0.05, 0) is 67.0 Å². The van der Waals surface area contributed by atoms with Crippen molar-refractivity contribution in [3.8, 4) is 17.0 Å². The molecule has 2 aromatic carbocycles. The quantitative estimate of drug-likeness (QED) is 0.241. The molecule has 0 radical (unpaired) electrons. The summed E-state index contributed by atoms with van der Waals surface area (Å²) in [6.07, 6.45) is 14.1. The first-order valence-corrected chi connectivity index (χ1v) is 12.5. The van der Waals surface area contributed by atoms with E-state index in [9.17, 15) is 0 Å². The Morgan fingerprint density at radius 1 is 0.594 bits per heavy atom. The first-order valence-electron chi connectivity index (χ1n) is 12.5. The number of pyridine rings is 1. The molecule has 0 aliphatic heterocycles. The van der Waals surface area contributed by atoms with Crippen LogP contribution >= 0.6 is 0 Å². The predicted molar refractivity (Wildman–Crippen MR) is 136 cm³/mol. The highest BCUT2D eigenvalue weighted by atomic mass is 16.5. The zero-order valence-corrected chi connectivity index (χ0v) is 20.0. The summed E-state index contributed by atoms with van der Waals surface area (Å²) in [6, 6.07) is 21.9. The maximum Gasteiger partial charge on any atom is 0.119 e. The lowest BCUT2D eigenvalue weighted by atomic mass is 10.0.